The summed E-state index contributed by atoms with van der Waals surface area (Å²) < 4.78 is 50.5. The van der Waals surface area contributed by atoms with E-state index in [9.17, 15) is 22.8 Å². The monoisotopic (exact) mass is 406 g/mol. The van der Waals surface area contributed by atoms with E-state index in [-0.39, 0.29) is 6.04 Å². The maximum absolute atomic E-state index is 12.8. The van der Waals surface area contributed by atoms with E-state index in [2.05, 4.69) is 0 Å². The second-order valence-electron chi connectivity index (χ2n) is 8.58. The van der Waals surface area contributed by atoms with Crippen LogP contribution in [0.4, 0.5) is 13.2 Å². The molecule has 0 fully saturated rings. The molecule has 0 rings (SSSR count). The van der Waals surface area contributed by atoms with Crippen molar-refractivity contribution in [3.05, 3.63) is 0 Å². The molecule has 0 saturated heterocycles. The largest absolute Gasteiger partial charge is 0.429 e. The molecule has 10 heteroatoms. The van der Waals surface area contributed by atoms with Gasteiger partial charge in [-0.1, -0.05) is 0 Å². The van der Waals surface area contributed by atoms with Crippen molar-refractivity contribution < 1.29 is 31.6 Å². The van der Waals surface area contributed by atoms with Crippen LogP contribution in [0.3, 0.4) is 0 Å². The van der Waals surface area contributed by atoms with Gasteiger partial charge in [0.05, 0.1) is 10.4 Å². The van der Waals surface area contributed by atoms with Gasteiger partial charge in [0.15, 0.2) is 0 Å². The lowest BCUT2D eigenvalue weighted by atomic mass is 10.5. The highest BCUT2D eigenvalue weighted by Crippen LogP contribution is 2.39. The van der Waals surface area contributed by atoms with Crippen molar-refractivity contribution >= 4 is 25.2 Å². The molecule has 0 radical (unpaired) electrons. The first kappa shape index (κ1) is 24.3. The summed E-state index contributed by atoms with van der Waals surface area (Å²) in [5, 5.41) is -1.96. The lowest BCUT2D eigenvalue weighted by Gasteiger charge is -2.50. The number of alkyl halides is 3. The third kappa shape index (κ3) is 7.26. The molecule has 0 bridgehead atoms. The zero-order valence-corrected chi connectivity index (χ0v) is 19.3. The van der Waals surface area contributed by atoms with Crippen LogP contribution in [-0.4, -0.2) is 51.4 Å². The number of hydrogen-bond acceptors (Lipinski definition) is 4. The summed E-state index contributed by atoms with van der Waals surface area (Å²) in [5.74, 6) is 0. The Morgan fingerprint density at radius 2 is 1.21 bits per heavy atom. The Hall–Kier alpha value is 0.281. The van der Waals surface area contributed by atoms with Crippen LogP contribution in [0.5, 0.6) is 0 Å². The second kappa shape index (κ2) is 7.12. The molecule has 0 aliphatic carbocycles. The molecule has 1 atom stereocenters. The summed E-state index contributed by atoms with van der Waals surface area (Å²) in [6.45, 7) is 15.0. The van der Waals surface area contributed by atoms with Crippen LogP contribution in [0.2, 0.25) is 38.8 Å². The maximum atomic E-state index is 12.8. The Kier molecular flexibility index (Phi) is 7.21. The van der Waals surface area contributed by atoms with Crippen molar-refractivity contribution in [1.29, 1.82) is 0 Å². The molecule has 1 unspecified atom stereocenters. The van der Waals surface area contributed by atoms with E-state index in [4.69, 9.17) is 8.85 Å². The third-order valence-electron chi connectivity index (χ3n) is 4.62. The molecule has 0 saturated carbocycles. The van der Waals surface area contributed by atoms with Gasteiger partial charge in [-0.2, -0.15) is 13.2 Å². The topological polar surface area (TPSA) is 58.9 Å². The Morgan fingerprint density at radius 1 is 0.792 bits per heavy atom. The molecule has 146 valence electrons. The quantitative estimate of drug-likeness (QED) is 0.597. The van der Waals surface area contributed by atoms with Crippen molar-refractivity contribution in [1.82, 2.24) is 0 Å². The highest BCUT2D eigenvalue weighted by atomic mass is 28.4. The molecular formula is C14H33F3O4Si3. The second-order valence-corrected chi connectivity index (χ2v) is 20.4. The fourth-order valence-corrected chi connectivity index (χ4v) is 9.65. The zero-order valence-electron chi connectivity index (χ0n) is 16.3. The SMILES string of the molecule is CC(C)(O[Si](C)(CCC(F)(F)F)C(C)(C)O[Si](C)(C)O)[Si](C)(C)O. The third-order valence-corrected chi connectivity index (χ3v) is 13.9. The molecule has 0 aromatic carbocycles. The summed E-state index contributed by atoms with van der Waals surface area (Å²) in [6.07, 6.45) is -5.27. The van der Waals surface area contributed by atoms with Gasteiger partial charge < -0.3 is 18.4 Å². The van der Waals surface area contributed by atoms with Crippen LogP contribution in [0.15, 0.2) is 0 Å². The van der Waals surface area contributed by atoms with Gasteiger partial charge in [-0.15, -0.1) is 0 Å². The van der Waals surface area contributed by atoms with E-state index in [1.807, 2.05) is 0 Å². The molecule has 0 aromatic rings. The lowest BCUT2D eigenvalue weighted by molar-refractivity contribution is -0.131. The van der Waals surface area contributed by atoms with E-state index in [1.54, 1.807) is 60.4 Å². The Bertz CT molecular complexity index is 428. The summed E-state index contributed by atoms with van der Waals surface area (Å²) in [4.78, 5) is 20.6. The average Bonchev–Trinajstić information content (AvgIpc) is 2.19. The summed E-state index contributed by atoms with van der Waals surface area (Å²) in [6, 6.07) is -0.193. The van der Waals surface area contributed by atoms with Gasteiger partial charge in [-0.3, -0.25) is 0 Å². The number of rotatable bonds is 8. The lowest BCUT2D eigenvalue weighted by Crippen LogP contribution is -2.67. The van der Waals surface area contributed by atoms with Gasteiger partial charge in [0.25, 0.3) is 0 Å². The van der Waals surface area contributed by atoms with Crippen LogP contribution in [0.25, 0.3) is 0 Å². The molecule has 24 heavy (non-hydrogen) atoms. The molecule has 0 spiro atoms. The van der Waals surface area contributed by atoms with E-state index in [0.717, 1.165) is 0 Å². The van der Waals surface area contributed by atoms with Gasteiger partial charge >= 0.3 is 14.7 Å². The highest BCUT2D eigenvalue weighted by molar-refractivity contribution is 6.79. The van der Waals surface area contributed by atoms with Crippen LogP contribution in [0, 0.1) is 0 Å². The minimum atomic E-state index is -4.30. The van der Waals surface area contributed by atoms with E-state index < -0.39 is 48.2 Å². The smallest absolute Gasteiger partial charge is 0.388 e. The molecular weight excluding hydrogens is 373 g/mol. The number of hydrogen-bond donors (Lipinski definition) is 2. The number of halogens is 3. The van der Waals surface area contributed by atoms with Crippen LogP contribution in [0.1, 0.15) is 34.1 Å². The minimum Gasteiger partial charge on any atom is -0.429 e. The van der Waals surface area contributed by atoms with Crippen molar-refractivity contribution in [2.75, 3.05) is 0 Å². The van der Waals surface area contributed by atoms with Crippen LogP contribution in [-0.2, 0) is 8.85 Å². The van der Waals surface area contributed by atoms with Crippen molar-refractivity contribution in [3.63, 3.8) is 0 Å². The molecule has 0 aliphatic heterocycles. The van der Waals surface area contributed by atoms with Gasteiger partial charge in [0, 0.05) is 6.42 Å². The summed E-state index contributed by atoms with van der Waals surface area (Å²) >= 11 is 0. The fraction of sp³-hybridized carbons (Fsp3) is 1.00. The Labute approximate surface area is 146 Å². The van der Waals surface area contributed by atoms with Crippen molar-refractivity contribution in [3.8, 4) is 0 Å². The van der Waals surface area contributed by atoms with Crippen LogP contribution >= 0.6 is 0 Å². The first-order chi connectivity index (χ1) is 10.1. The molecule has 2 N–H and O–H groups in total. The predicted molar refractivity (Wildman–Crippen MR) is 96.8 cm³/mol. The van der Waals surface area contributed by atoms with Gasteiger partial charge in [0.1, 0.15) is 0 Å². The summed E-state index contributed by atoms with van der Waals surface area (Å²) in [7, 11) is -8.89. The zero-order chi connectivity index (χ0) is 19.8. The average molecular weight is 407 g/mol. The first-order valence-electron chi connectivity index (χ1n) is 8.04. The molecule has 0 aliphatic rings. The summed E-state index contributed by atoms with van der Waals surface area (Å²) in [5.41, 5.74) is 0. The van der Waals surface area contributed by atoms with E-state index >= 15 is 0 Å². The standard InChI is InChI=1S/C14H33F3O4Si3/c1-12(2,22(5,6)18)21-24(9,11-10-14(15,16)17)13(3,4)20-23(7,8)19/h18-19H,10-11H2,1-9H3. The predicted octanol–water partition coefficient (Wildman–Crippen LogP) is 4.07. The molecule has 0 aromatic heterocycles. The normalized spacial score (nSPS) is 17.8. The van der Waals surface area contributed by atoms with Gasteiger partial charge in [0.2, 0.25) is 16.6 Å². The Morgan fingerprint density at radius 3 is 1.50 bits per heavy atom. The first-order valence-corrected chi connectivity index (χ1v) is 16.5. The molecule has 0 amide bonds. The van der Waals surface area contributed by atoms with Crippen molar-refractivity contribution in [2.24, 2.45) is 0 Å². The Balaban J connectivity index is 5.76. The van der Waals surface area contributed by atoms with Crippen LogP contribution < -0.4 is 0 Å². The highest BCUT2D eigenvalue weighted by Gasteiger charge is 2.55. The van der Waals surface area contributed by atoms with E-state index in [0.29, 0.717) is 0 Å². The fourth-order valence-electron chi connectivity index (χ4n) is 2.28. The van der Waals surface area contributed by atoms with Gasteiger partial charge in [-0.25, -0.2) is 0 Å². The van der Waals surface area contributed by atoms with Gasteiger partial charge in [-0.05, 0) is 66.5 Å². The maximum Gasteiger partial charge on any atom is 0.388 e. The van der Waals surface area contributed by atoms with Crippen molar-refractivity contribution in [2.45, 2.75) is 89.5 Å². The molecule has 4 nitrogen and oxygen atoms in total. The molecule has 0 heterocycles. The van der Waals surface area contributed by atoms with E-state index in [1.165, 1.54) is 0 Å². The minimum absolute atomic E-state index is 0.193.